The van der Waals surface area contributed by atoms with E-state index in [1.807, 2.05) is 12.1 Å². The quantitative estimate of drug-likeness (QED) is 0.768. The van der Waals surface area contributed by atoms with Crippen LogP contribution in [0.4, 0.5) is 0 Å². The summed E-state index contributed by atoms with van der Waals surface area (Å²) in [4.78, 5) is 2.32. The lowest BCUT2D eigenvalue weighted by Crippen LogP contribution is -2.32. The molecule has 90 valence electrons. The molecule has 0 heterocycles. The number of rotatable bonds is 6. The Hall–Kier alpha value is -1.06. The van der Waals surface area contributed by atoms with Crippen LogP contribution in [-0.2, 0) is 6.42 Å². The molecule has 1 unspecified atom stereocenters. The van der Waals surface area contributed by atoms with Crippen LogP contribution in [0.3, 0.4) is 0 Å². The maximum absolute atomic E-state index is 9.19. The first kappa shape index (κ1) is 13.0. The van der Waals surface area contributed by atoms with Crippen LogP contribution in [0.25, 0.3) is 0 Å². The molecular weight excluding hydrogens is 200 g/mol. The maximum Gasteiger partial charge on any atom is 0.115 e. The minimum atomic E-state index is 0.327. The molecule has 1 atom stereocenters. The van der Waals surface area contributed by atoms with E-state index >= 15 is 0 Å². The van der Waals surface area contributed by atoms with E-state index in [1.54, 1.807) is 12.1 Å². The number of hydrogen-bond donors (Lipinski definition) is 2. The van der Waals surface area contributed by atoms with Gasteiger partial charge in [-0.05, 0) is 57.6 Å². The molecule has 0 aliphatic rings. The van der Waals surface area contributed by atoms with Crippen LogP contribution in [0.2, 0.25) is 0 Å². The van der Waals surface area contributed by atoms with Gasteiger partial charge < -0.3 is 15.7 Å². The maximum atomic E-state index is 9.19. The molecule has 3 nitrogen and oxygen atoms in total. The molecule has 0 bridgehead atoms. The zero-order valence-electron chi connectivity index (χ0n) is 10.2. The Morgan fingerprint density at radius 3 is 2.50 bits per heavy atom. The van der Waals surface area contributed by atoms with E-state index in [0.29, 0.717) is 11.8 Å². The molecule has 16 heavy (non-hydrogen) atoms. The fraction of sp³-hybridized carbons (Fsp3) is 0.538. The summed E-state index contributed by atoms with van der Waals surface area (Å²) in [5.41, 5.74) is 6.75. The first-order valence-electron chi connectivity index (χ1n) is 5.81. The van der Waals surface area contributed by atoms with Gasteiger partial charge in [-0.25, -0.2) is 0 Å². The Morgan fingerprint density at radius 2 is 1.94 bits per heavy atom. The van der Waals surface area contributed by atoms with Crippen molar-refractivity contribution in [3.63, 3.8) is 0 Å². The number of nitrogens with zero attached hydrogens (tertiary/aromatic N) is 1. The zero-order valence-corrected chi connectivity index (χ0v) is 10.2. The van der Waals surface area contributed by atoms with Gasteiger partial charge in [-0.3, -0.25) is 0 Å². The molecular formula is C13H22N2O. The Kier molecular flexibility index (Phi) is 5.29. The Bertz CT molecular complexity index is 297. The first-order chi connectivity index (χ1) is 7.63. The van der Waals surface area contributed by atoms with Crippen LogP contribution >= 0.6 is 0 Å². The third kappa shape index (κ3) is 4.21. The molecule has 1 aromatic rings. The standard InChI is InChI=1S/C13H22N2O/c1-11(15(2)9-3-8-14)10-12-4-6-13(16)7-5-12/h4-7,11,16H,3,8-10,14H2,1-2H3. The summed E-state index contributed by atoms with van der Waals surface area (Å²) in [5.74, 6) is 0.327. The number of nitrogens with two attached hydrogens (primary N) is 1. The van der Waals surface area contributed by atoms with Crippen molar-refractivity contribution in [3.05, 3.63) is 29.8 Å². The van der Waals surface area contributed by atoms with Crippen molar-refractivity contribution in [2.45, 2.75) is 25.8 Å². The van der Waals surface area contributed by atoms with E-state index in [-0.39, 0.29) is 0 Å². The molecule has 1 rings (SSSR count). The lowest BCUT2D eigenvalue weighted by atomic mass is 10.1. The van der Waals surface area contributed by atoms with Crippen molar-refractivity contribution >= 4 is 0 Å². The fourth-order valence-electron chi connectivity index (χ4n) is 1.69. The molecule has 1 aromatic carbocycles. The van der Waals surface area contributed by atoms with E-state index < -0.39 is 0 Å². The third-order valence-electron chi connectivity index (χ3n) is 2.93. The molecule has 3 heteroatoms. The largest absolute Gasteiger partial charge is 0.508 e. The van der Waals surface area contributed by atoms with Crippen LogP contribution in [0.15, 0.2) is 24.3 Å². The minimum Gasteiger partial charge on any atom is -0.508 e. The molecule has 0 aliphatic heterocycles. The highest BCUT2D eigenvalue weighted by molar-refractivity contribution is 5.26. The van der Waals surface area contributed by atoms with Gasteiger partial charge in [0.2, 0.25) is 0 Å². The zero-order chi connectivity index (χ0) is 12.0. The van der Waals surface area contributed by atoms with Gasteiger partial charge in [0.1, 0.15) is 5.75 Å². The summed E-state index contributed by atoms with van der Waals surface area (Å²) in [6, 6.07) is 7.92. The van der Waals surface area contributed by atoms with E-state index in [0.717, 1.165) is 25.9 Å². The molecule has 0 radical (unpaired) electrons. The smallest absolute Gasteiger partial charge is 0.115 e. The average Bonchev–Trinajstić information content (AvgIpc) is 2.29. The van der Waals surface area contributed by atoms with Crippen molar-refractivity contribution in [2.24, 2.45) is 5.73 Å². The molecule has 0 fully saturated rings. The second kappa shape index (κ2) is 6.51. The van der Waals surface area contributed by atoms with Crippen LogP contribution in [0.1, 0.15) is 18.9 Å². The van der Waals surface area contributed by atoms with Crippen LogP contribution < -0.4 is 5.73 Å². The molecule has 0 saturated carbocycles. The van der Waals surface area contributed by atoms with E-state index in [4.69, 9.17) is 5.73 Å². The number of aromatic hydroxyl groups is 1. The second-order valence-electron chi connectivity index (χ2n) is 4.34. The normalized spacial score (nSPS) is 13.0. The van der Waals surface area contributed by atoms with Crippen molar-refractivity contribution in [3.8, 4) is 5.75 Å². The molecule has 3 N–H and O–H groups in total. The molecule has 0 aliphatic carbocycles. The predicted octanol–water partition coefficient (Wildman–Crippen LogP) is 1.60. The SMILES string of the molecule is CC(Cc1ccc(O)cc1)N(C)CCCN. The summed E-state index contributed by atoms with van der Waals surface area (Å²) in [6.07, 6.45) is 2.04. The van der Waals surface area contributed by atoms with Crippen molar-refractivity contribution in [1.29, 1.82) is 0 Å². The van der Waals surface area contributed by atoms with Gasteiger partial charge in [-0.1, -0.05) is 12.1 Å². The highest BCUT2D eigenvalue weighted by Crippen LogP contribution is 2.12. The van der Waals surface area contributed by atoms with Gasteiger partial charge in [-0.15, -0.1) is 0 Å². The lowest BCUT2D eigenvalue weighted by molar-refractivity contribution is 0.255. The van der Waals surface area contributed by atoms with Gasteiger partial charge in [0.05, 0.1) is 0 Å². The van der Waals surface area contributed by atoms with E-state index in [9.17, 15) is 5.11 Å². The molecule has 0 saturated heterocycles. The second-order valence-corrected chi connectivity index (χ2v) is 4.34. The van der Waals surface area contributed by atoms with Crippen molar-refractivity contribution in [1.82, 2.24) is 4.90 Å². The number of phenolic OH excluding ortho intramolecular Hbond substituents is 1. The monoisotopic (exact) mass is 222 g/mol. The van der Waals surface area contributed by atoms with E-state index in [1.165, 1.54) is 5.56 Å². The summed E-state index contributed by atoms with van der Waals surface area (Å²) < 4.78 is 0. The summed E-state index contributed by atoms with van der Waals surface area (Å²) in [7, 11) is 2.13. The van der Waals surface area contributed by atoms with Gasteiger partial charge in [0.25, 0.3) is 0 Å². The van der Waals surface area contributed by atoms with Crippen LogP contribution in [0, 0.1) is 0 Å². The van der Waals surface area contributed by atoms with Crippen LogP contribution in [-0.4, -0.2) is 36.2 Å². The summed E-state index contributed by atoms with van der Waals surface area (Å²) in [6.45, 7) is 4.00. The average molecular weight is 222 g/mol. The Balaban J connectivity index is 2.43. The highest BCUT2D eigenvalue weighted by atomic mass is 16.3. The molecule has 0 amide bonds. The molecule has 0 aromatic heterocycles. The van der Waals surface area contributed by atoms with Gasteiger partial charge in [0, 0.05) is 6.04 Å². The number of phenols is 1. The van der Waals surface area contributed by atoms with E-state index in [2.05, 4.69) is 18.9 Å². The third-order valence-corrected chi connectivity index (χ3v) is 2.93. The van der Waals surface area contributed by atoms with Crippen molar-refractivity contribution < 1.29 is 5.11 Å². The number of likely N-dealkylation sites (N-methyl/N-ethyl adjacent to an activating group) is 1. The fourth-order valence-corrected chi connectivity index (χ4v) is 1.69. The van der Waals surface area contributed by atoms with Gasteiger partial charge in [-0.2, -0.15) is 0 Å². The number of benzene rings is 1. The van der Waals surface area contributed by atoms with Gasteiger partial charge >= 0.3 is 0 Å². The Morgan fingerprint density at radius 1 is 1.31 bits per heavy atom. The van der Waals surface area contributed by atoms with Crippen LogP contribution in [0.5, 0.6) is 5.75 Å². The lowest BCUT2D eigenvalue weighted by Gasteiger charge is -2.24. The predicted molar refractivity (Wildman–Crippen MR) is 67.6 cm³/mol. The first-order valence-corrected chi connectivity index (χ1v) is 5.81. The molecule has 0 spiro atoms. The number of hydrogen-bond acceptors (Lipinski definition) is 3. The topological polar surface area (TPSA) is 49.5 Å². The highest BCUT2D eigenvalue weighted by Gasteiger charge is 2.09. The summed E-state index contributed by atoms with van der Waals surface area (Å²) in [5, 5.41) is 9.19. The van der Waals surface area contributed by atoms with Gasteiger partial charge in [0.15, 0.2) is 0 Å². The minimum absolute atomic E-state index is 0.327. The Labute approximate surface area is 97.9 Å². The van der Waals surface area contributed by atoms with Crippen molar-refractivity contribution in [2.75, 3.05) is 20.1 Å². The summed E-state index contributed by atoms with van der Waals surface area (Å²) >= 11 is 0.